The average Bonchev–Trinajstić information content (AvgIpc) is 2.28. The quantitative estimate of drug-likeness (QED) is 0.879. The third kappa shape index (κ3) is 2.33. The zero-order chi connectivity index (χ0) is 11.8. The minimum absolute atomic E-state index is 0.0417. The van der Waals surface area contributed by atoms with Crippen LogP contribution in [-0.4, -0.2) is 11.7 Å². The SMILES string of the molecule is CC(C)(CO)C1CCc2ccc(Br)cc2C1. The molecule has 0 aliphatic heterocycles. The number of aliphatic hydroxyl groups is 1. The molecule has 1 N–H and O–H groups in total. The fourth-order valence-corrected chi connectivity index (χ4v) is 2.93. The zero-order valence-corrected chi connectivity index (χ0v) is 11.5. The van der Waals surface area contributed by atoms with Crippen molar-refractivity contribution in [3.8, 4) is 0 Å². The Balaban J connectivity index is 2.23. The summed E-state index contributed by atoms with van der Waals surface area (Å²) >= 11 is 3.53. The van der Waals surface area contributed by atoms with Crippen LogP contribution < -0.4 is 0 Å². The molecule has 1 aliphatic rings. The lowest BCUT2D eigenvalue weighted by Crippen LogP contribution is -2.32. The Bertz CT molecular complexity index is 384. The third-order valence-corrected chi connectivity index (χ3v) is 4.40. The molecule has 0 fully saturated rings. The number of benzene rings is 1. The summed E-state index contributed by atoms with van der Waals surface area (Å²) in [6, 6.07) is 6.58. The molecule has 0 radical (unpaired) electrons. The summed E-state index contributed by atoms with van der Waals surface area (Å²) in [5.74, 6) is 0.597. The maximum atomic E-state index is 9.44. The van der Waals surface area contributed by atoms with E-state index in [9.17, 15) is 5.11 Å². The molecule has 1 atom stereocenters. The Morgan fingerprint density at radius 1 is 1.38 bits per heavy atom. The van der Waals surface area contributed by atoms with Gasteiger partial charge in [-0.1, -0.05) is 35.8 Å². The molecule has 0 aromatic heterocycles. The highest BCUT2D eigenvalue weighted by atomic mass is 79.9. The molecule has 0 spiro atoms. The zero-order valence-electron chi connectivity index (χ0n) is 9.96. The van der Waals surface area contributed by atoms with Crippen molar-refractivity contribution in [2.75, 3.05) is 6.61 Å². The topological polar surface area (TPSA) is 20.2 Å². The molecule has 1 aromatic rings. The van der Waals surface area contributed by atoms with E-state index in [0.717, 1.165) is 17.3 Å². The summed E-state index contributed by atoms with van der Waals surface area (Å²) < 4.78 is 1.16. The van der Waals surface area contributed by atoms with Gasteiger partial charge in [-0.05, 0) is 53.9 Å². The van der Waals surface area contributed by atoms with E-state index in [1.807, 2.05) is 0 Å². The molecule has 0 amide bonds. The monoisotopic (exact) mass is 282 g/mol. The van der Waals surface area contributed by atoms with Crippen LogP contribution in [0.1, 0.15) is 31.4 Å². The van der Waals surface area contributed by atoms with Gasteiger partial charge < -0.3 is 5.11 Å². The molecular weight excluding hydrogens is 264 g/mol. The normalized spacial score (nSPS) is 20.6. The van der Waals surface area contributed by atoms with Gasteiger partial charge in [0.2, 0.25) is 0 Å². The Labute approximate surface area is 106 Å². The highest BCUT2D eigenvalue weighted by Gasteiger charge is 2.31. The fourth-order valence-electron chi connectivity index (χ4n) is 2.52. The smallest absolute Gasteiger partial charge is 0.0484 e. The molecule has 0 heterocycles. The highest BCUT2D eigenvalue weighted by molar-refractivity contribution is 9.10. The van der Waals surface area contributed by atoms with Crippen molar-refractivity contribution in [3.05, 3.63) is 33.8 Å². The van der Waals surface area contributed by atoms with Crippen LogP contribution in [0, 0.1) is 11.3 Å². The fraction of sp³-hybridized carbons (Fsp3) is 0.571. The van der Waals surface area contributed by atoms with Crippen LogP contribution >= 0.6 is 15.9 Å². The molecule has 0 saturated carbocycles. The van der Waals surface area contributed by atoms with Crippen molar-refractivity contribution >= 4 is 15.9 Å². The van der Waals surface area contributed by atoms with Crippen LogP contribution in [0.3, 0.4) is 0 Å². The predicted octanol–water partition coefficient (Wildman–Crippen LogP) is 3.57. The lowest BCUT2D eigenvalue weighted by atomic mass is 9.70. The van der Waals surface area contributed by atoms with Gasteiger partial charge >= 0.3 is 0 Å². The van der Waals surface area contributed by atoms with E-state index in [-0.39, 0.29) is 12.0 Å². The van der Waals surface area contributed by atoms with Gasteiger partial charge in [-0.3, -0.25) is 0 Å². The molecule has 16 heavy (non-hydrogen) atoms. The molecule has 0 bridgehead atoms. The summed E-state index contributed by atoms with van der Waals surface area (Å²) in [5.41, 5.74) is 2.97. The van der Waals surface area contributed by atoms with Gasteiger partial charge in [0, 0.05) is 11.1 Å². The summed E-state index contributed by atoms with van der Waals surface area (Å²) in [4.78, 5) is 0. The van der Waals surface area contributed by atoms with Gasteiger partial charge in [0.05, 0.1) is 0 Å². The minimum atomic E-state index is 0.0417. The maximum Gasteiger partial charge on any atom is 0.0484 e. The lowest BCUT2D eigenvalue weighted by Gasteiger charge is -2.36. The second-order valence-corrected chi connectivity index (χ2v) is 6.42. The Hall–Kier alpha value is -0.340. The van der Waals surface area contributed by atoms with Crippen LogP contribution in [-0.2, 0) is 12.8 Å². The number of halogens is 1. The van der Waals surface area contributed by atoms with E-state index in [1.165, 1.54) is 17.5 Å². The van der Waals surface area contributed by atoms with Gasteiger partial charge in [0.1, 0.15) is 0 Å². The molecule has 88 valence electrons. The van der Waals surface area contributed by atoms with Crippen molar-refractivity contribution in [1.82, 2.24) is 0 Å². The summed E-state index contributed by atoms with van der Waals surface area (Å²) in [6.07, 6.45) is 3.45. The van der Waals surface area contributed by atoms with Crippen LogP contribution in [0.2, 0.25) is 0 Å². The van der Waals surface area contributed by atoms with E-state index in [2.05, 4.69) is 48.0 Å². The summed E-state index contributed by atoms with van der Waals surface area (Å²) in [5, 5.41) is 9.44. The molecule has 1 aromatic carbocycles. The minimum Gasteiger partial charge on any atom is -0.396 e. The Kier molecular flexibility index (Phi) is 3.41. The number of aliphatic hydroxyl groups excluding tert-OH is 1. The molecular formula is C14H19BrO. The van der Waals surface area contributed by atoms with Crippen molar-refractivity contribution in [2.45, 2.75) is 33.1 Å². The van der Waals surface area contributed by atoms with Crippen LogP contribution in [0.25, 0.3) is 0 Å². The predicted molar refractivity (Wildman–Crippen MR) is 70.5 cm³/mol. The molecule has 1 unspecified atom stereocenters. The molecule has 1 nitrogen and oxygen atoms in total. The third-order valence-electron chi connectivity index (χ3n) is 3.91. The van der Waals surface area contributed by atoms with Gasteiger partial charge in [-0.2, -0.15) is 0 Å². The highest BCUT2D eigenvalue weighted by Crippen LogP contribution is 2.37. The standard InChI is InChI=1S/C14H19BrO/c1-14(2,9-16)12-5-3-10-4-6-13(15)8-11(10)7-12/h4,6,8,12,16H,3,5,7,9H2,1-2H3. The van der Waals surface area contributed by atoms with Crippen molar-refractivity contribution < 1.29 is 5.11 Å². The van der Waals surface area contributed by atoms with E-state index in [4.69, 9.17) is 0 Å². The van der Waals surface area contributed by atoms with Crippen LogP contribution in [0.4, 0.5) is 0 Å². The first-order valence-electron chi connectivity index (χ1n) is 5.91. The first kappa shape index (κ1) is 12.1. The van der Waals surface area contributed by atoms with Crippen molar-refractivity contribution in [1.29, 1.82) is 0 Å². The second-order valence-electron chi connectivity index (χ2n) is 5.50. The lowest BCUT2D eigenvalue weighted by molar-refractivity contribution is 0.0875. The Morgan fingerprint density at radius 3 is 2.81 bits per heavy atom. The maximum absolute atomic E-state index is 9.44. The number of rotatable bonds is 2. The van der Waals surface area contributed by atoms with Gasteiger partial charge in [-0.25, -0.2) is 0 Å². The number of fused-ring (bicyclic) bond motifs is 1. The van der Waals surface area contributed by atoms with E-state index < -0.39 is 0 Å². The first-order chi connectivity index (χ1) is 7.53. The Morgan fingerprint density at radius 2 is 2.12 bits per heavy atom. The molecule has 1 aliphatic carbocycles. The van der Waals surface area contributed by atoms with Crippen molar-refractivity contribution in [3.63, 3.8) is 0 Å². The second kappa shape index (κ2) is 4.50. The first-order valence-corrected chi connectivity index (χ1v) is 6.70. The summed E-state index contributed by atoms with van der Waals surface area (Å²) in [7, 11) is 0. The number of hydrogen-bond donors (Lipinski definition) is 1. The molecule has 2 rings (SSSR count). The van der Waals surface area contributed by atoms with Crippen LogP contribution in [0.15, 0.2) is 22.7 Å². The molecule has 0 saturated heterocycles. The van der Waals surface area contributed by atoms with Crippen LogP contribution in [0.5, 0.6) is 0 Å². The van der Waals surface area contributed by atoms with Gasteiger partial charge in [0.25, 0.3) is 0 Å². The largest absolute Gasteiger partial charge is 0.396 e. The van der Waals surface area contributed by atoms with E-state index >= 15 is 0 Å². The van der Waals surface area contributed by atoms with Gasteiger partial charge in [-0.15, -0.1) is 0 Å². The molecule has 2 heteroatoms. The van der Waals surface area contributed by atoms with Gasteiger partial charge in [0.15, 0.2) is 0 Å². The summed E-state index contributed by atoms with van der Waals surface area (Å²) in [6.45, 7) is 4.61. The van der Waals surface area contributed by atoms with Crippen molar-refractivity contribution in [2.24, 2.45) is 11.3 Å². The number of hydrogen-bond acceptors (Lipinski definition) is 1. The van der Waals surface area contributed by atoms with E-state index in [1.54, 1.807) is 0 Å². The average molecular weight is 283 g/mol. The number of aryl methyl sites for hydroxylation is 1. The van der Waals surface area contributed by atoms with E-state index in [0.29, 0.717) is 5.92 Å².